The average molecular weight is 425 g/mol. The predicted octanol–water partition coefficient (Wildman–Crippen LogP) is 1.01. The molecule has 0 amide bonds. The van der Waals surface area contributed by atoms with Crippen LogP contribution in [0.2, 0.25) is 0 Å². The molecule has 2 aliphatic heterocycles. The van der Waals surface area contributed by atoms with Gasteiger partial charge in [0.05, 0.1) is 19.1 Å². The number of fused-ring (bicyclic) bond motifs is 1. The number of ether oxygens (including phenoxy) is 1. The average Bonchev–Trinajstić information content (AvgIpc) is 2.85. The van der Waals surface area contributed by atoms with Gasteiger partial charge in [-0.25, -0.2) is 9.36 Å². The van der Waals surface area contributed by atoms with Crippen molar-refractivity contribution in [2.75, 3.05) is 18.9 Å². The normalized spacial score (nSPS) is 32.6. The molecule has 11 nitrogen and oxygen atoms in total. The van der Waals surface area contributed by atoms with Crippen LogP contribution in [0.3, 0.4) is 0 Å². The van der Waals surface area contributed by atoms with Crippen LogP contribution in [-0.4, -0.2) is 52.0 Å². The van der Waals surface area contributed by atoms with Crippen LogP contribution in [0, 0.1) is 5.92 Å². The molecule has 0 spiro atoms. The Morgan fingerprint density at radius 3 is 2.96 bits per heavy atom. The fourth-order valence-electron chi connectivity index (χ4n) is 2.70. The molecule has 3 rings (SSSR count). The van der Waals surface area contributed by atoms with Gasteiger partial charge in [0.2, 0.25) is 6.23 Å². The zero-order valence-electron chi connectivity index (χ0n) is 14.6. The van der Waals surface area contributed by atoms with E-state index >= 15 is 0 Å². The molecule has 1 aromatic heterocycles. The molecule has 14 heteroatoms. The second-order valence-electron chi connectivity index (χ2n) is 6.37. The molecule has 3 heterocycles. The maximum absolute atomic E-state index is 14.8. The third kappa shape index (κ3) is 3.94. The number of anilines is 1. The highest BCUT2D eigenvalue weighted by Gasteiger charge is 2.65. The van der Waals surface area contributed by atoms with E-state index in [1.807, 2.05) is 0 Å². The number of phosphoric ester groups is 1. The number of rotatable bonds is 6. The lowest BCUT2D eigenvalue weighted by Gasteiger charge is -2.31. The summed E-state index contributed by atoms with van der Waals surface area (Å²) in [5.74, 6) is -5.79. The summed E-state index contributed by atoms with van der Waals surface area (Å²) in [5.41, 5.74) is 4.30. The SMILES string of the molecule is CC(CCO[P@]1(=O)OC[C@H]2O[C@@H](n3ccc(N)nc3=O)C(F)(F)[C@@H]2O1)C(=O)O. The Morgan fingerprint density at radius 1 is 1.61 bits per heavy atom. The number of hydrogen-bond donors (Lipinski definition) is 2. The molecular weight excluding hydrogens is 407 g/mol. The van der Waals surface area contributed by atoms with E-state index in [0.717, 1.165) is 12.3 Å². The number of carbonyl (C=O) groups is 1. The number of hydrogen-bond acceptors (Lipinski definition) is 9. The molecule has 5 atom stereocenters. The van der Waals surface area contributed by atoms with Crippen molar-refractivity contribution < 1.29 is 41.6 Å². The van der Waals surface area contributed by atoms with Crippen molar-refractivity contribution in [1.29, 1.82) is 0 Å². The third-order valence-corrected chi connectivity index (χ3v) is 5.76. The van der Waals surface area contributed by atoms with Gasteiger partial charge in [0, 0.05) is 6.20 Å². The van der Waals surface area contributed by atoms with E-state index < -0.39 is 56.4 Å². The Balaban J connectivity index is 1.73. The van der Waals surface area contributed by atoms with Gasteiger partial charge < -0.3 is 15.6 Å². The van der Waals surface area contributed by atoms with Crippen molar-refractivity contribution in [3.05, 3.63) is 22.7 Å². The first-order valence-electron chi connectivity index (χ1n) is 8.22. The van der Waals surface area contributed by atoms with Crippen LogP contribution in [0.25, 0.3) is 0 Å². The van der Waals surface area contributed by atoms with Gasteiger partial charge in [0.1, 0.15) is 11.9 Å². The van der Waals surface area contributed by atoms with Crippen LogP contribution in [0.4, 0.5) is 14.6 Å². The Morgan fingerprint density at radius 2 is 2.32 bits per heavy atom. The Hall–Kier alpha value is -1.92. The number of alkyl halides is 2. The molecule has 0 radical (unpaired) electrons. The second-order valence-corrected chi connectivity index (χ2v) is 8.00. The van der Waals surface area contributed by atoms with E-state index in [0.29, 0.717) is 4.57 Å². The standard InChI is InChI=1S/C14H18F2N3O8P/c1-7(11(20)21)3-5-24-28(23)25-6-8-10(27-28)14(15,16)12(26-8)19-4-2-9(17)18-13(19)22/h2,4,7-8,10,12H,3,5-6H2,1H3,(H,20,21)(H2,17,18,22)/t7?,8-,10-,12-,28-/m1/s1. The van der Waals surface area contributed by atoms with Gasteiger partial charge in [0.15, 0.2) is 6.10 Å². The fraction of sp³-hybridized carbons (Fsp3) is 0.643. The summed E-state index contributed by atoms with van der Waals surface area (Å²) in [6, 6.07) is 1.15. The van der Waals surface area contributed by atoms with E-state index in [4.69, 9.17) is 29.1 Å². The molecule has 3 N–H and O–H groups in total. The van der Waals surface area contributed by atoms with Crippen LogP contribution in [0.1, 0.15) is 19.6 Å². The van der Waals surface area contributed by atoms with E-state index in [9.17, 15) is 22.9 Å². The summed E-state index contributed by atoms with van der Waals surface area (Å²) < 4.78 is 62.6. The van der Waals surface area contributed by atoms with Crippen molar-refractivity contribution in [2.24, 2.45) is 5.92 Å². The molecule has 156 valence electrons. The van der Waals surface area contributed by atoms with Gasteiger partial charge in [-0.2, -0.15) is 13.8 Å². The van der Waals surface area contributed by atoms with Crippen molar-refractivity contribution in [3.63, 3.8) is 0 Å². The monoisotopic (exact) mass is 425 g/mol. The molecule has 2 aliphatic rings. The van der Waals surface area contributed by atoms with Crippen molar-refractivity contribution in [3.8, 4) is 0 Å². The molecular formula is C14H18F2N3O8P. The summed E-state index contributed by atoms with van der Waals surface area (Å²) in [5, 5.41) is 8.81. The highest BCUT2D eigenvalue weighted by atomic mass is 31.2. The van der Waals surface area contributed by atoms with Crippen molar-refractivity contribution >= 4 is 19.6 Å². The van der Waals surface area contributed by atoms with Crippen LogP contribution >= 0.6 is 7.82 Å². The third-order valence-electron chi connectivity index (χ3n) is 4.32. The van der Waals surface area contributed by atoms with Crippen LogP contribution in [0.15, 0.2) is 17.1 Å². The number of nitrogens with zero attached hydrogens (tertiary/aromatic N) is 2. The molecule has 0 saturated carbocycles. The van der Waals surface area contributed by atoms with Gasteiger partial charge in [0.25, 0.3) is 0 Å². The van der Waals surface area contributed by atoms with Gasteiger partial charge >= 0.3 is 25.4 Å². The highest BCUT2D eigenvalue weighted by Crippen LogP contribution is 2.59. The molecule has 1 unspecified atom stereocenters. The van der Waals surface area contributed by atoms with Crippen LogP contribution in [-0.2, 0) is 27.7 Å². The molecule has 2 fully saturated rings. The first-order chi connectivity index (χ1) is 13.0. The van der Waals surface area contributed by atoms with E-state index in [1.54, 1.807) is 0 Å². The topological polar surface area (TPSA) is 152 Å². The second kappa shape index (κ2) is 7.48. The van der Waals surface area contributed by atoms with Gasteiger partial charge in [-0.05, 0) is 12.5 Å². The number of carboxylic acid groups (broad SMARTS) is 1. The predicted molar refractivity (Wildman–Crippen MR) is 87.6 cm³/mol. The minimum absolute atomic E-state index is 0.0256. The smallest absolute Gasteiger partial charge is 0.475 e. The summed E-state index contributed by atoms with van der Waals surface area (Å²) in [7, 11) is -4.36. The van der Waals surface area contributed by atoms with Gasteiger partial charge in [-0.3, -0.25) is 22.9 Å². The Bertz CT molecular complexity index is 865. The maximum Gasteiger partial charge on any atom is 0.475 e. The van der Waals surface area contributed by atoms with E-state index in [1.165, 1.54) is 6.92 Å². The van der Waals surface area contributed by atoms with Crippen molar-refractivity contribution in [1.82, 2.24) is 9.55 Å². The molecule has 2 saturated heterocycles. The number of aromatic nitrogens is 2. The van der Waals surface area contributed by atoms with Gasteiger partial charge in [-0.15, -0.1) is 0 Å². The molecule has 0 bridgehead atoms. The number of carboxylic acids is 1. The quantitative estimate of drug-likeness (QED) is 0.632. The molecule has 0 aliphatic carbocycles. The largest absolute Gasteiger partial charge is 0.481 e. The minimum Gasteiger partial charge on any atom is -0.481 e. The summed E-state index contributed by atoms with van der Waals surface area (Å²) in [4.78, 5) is 26.0. The lowest BCUT2D eigenvalue weighted by Crippen LogP contribution is -2.45. The number of nitrogens with two attached hydrogens (primary N) is 1. The van der Waals surface area contributed by atoms with E-state index in [2.05, 4.69) is 4.98 Å². The molecule has 28 heavy (non-hydrogen) atoms. The molecule has 0 aromatic carbocycles. The van der Waals surface area contributed by atoms with Crippen molar-refractivity contribution in [2.45, 2.75) is 37.7 Å². The first-order valence-corrected chi connectivity index (χ1v) is 9.68. The van der Waals surface area contributed by atoms with E-state index in [-0.39, 0.29) is 18.8 Å². The number of nitrogen functional groups attached to an aromatic ring is 1. The number of phosphoric acid groups is 1. The zero-order valence-corrected chi connectivity index (χ0v) is 15.5. The molecule has 1 aromatic rings. The number of aliphatic carboxylic acids is 1. The van der Waals surface area contributed by atoms with Crippen LogP contribution < -0.4 is 11.4 Å². The minimum atomic E-state index is -4.36. The lowest BCUT2D eigenvalue weighted by atomic mass is 10.1. The highest BCUT2D eigenvalue weighted by molar-refractivity contribution is 7.48. The summed E-state index contributed by atoms with van der Waals surface area (Å²) in [6.07, 6.45) is -4.40. The lowest BCUT2D eigenvalue weighted by molar-refractivity contribution is -0.142. The Kier molecular flexibility index (Phi) is 5.56. The fourth-order valence-corrected chi connectivity index (χ4v) is 4.11. The number of halogens is 2. The first kappa shape index (κ1) is 20.8. The summed E-state index contributed by atoms with van der Waals surface area (Å²) >= 11 is 0. The maximum atomic E-state index is 14.8. The van der Waals surface area contributed by atoms with Crippen LogP contribution in [0.5, 0.6) is 0 Å². The van der Waals surface area contributed by atoms with Gasteiger partial charge in [-0.1, -0.05) is 6.92 Å². The Labute approximate surface area is 157 Å². The summed E-state index contributed by atoms with van der Waals surface area (Å²) in [6.45, 7) is 0.543. The zero-order chi connectivity index (χ0) is 20.7.